The van der Waals surface area contributed by atoms with Crippen molar-refractivity contribution in [3.63, 3.8) is 0 Å². The SMILES string of the molecule is Cc1occc1C(=S)Nc1ccc(Cl)c(C(=O)OC2CCCC2)c1. The Bertz CT molecular complexity index is 765. The summed E-state index contributed by atoms with van der Waals surface area (Å²) in [6, 6.07) is 6.91. The lowest BCUT2D eigenvalue weighted by Gasteiger charge is -2.13. The number of hydrogen-bond acceptors (Lipinski definition) is 4. The lowest BCUT2D eigenvalue weighted by Crippen LogP contribution is -2.16. The summed E-state index contributed by atoms with van der Waals surface area (Å²) in [5.74, 6) is 0.350. The highest BCUT2D eigenvalue weighted by Crippen LogP contribution is 2.26. The van der Waals surface area contributed by atoms with Gasteiger partial charge < -0.3 is 14.5 Å². The van der Waals surface area contributed by atoms with E-state index in [4.69, 9.17) is 33.0 Å². The minimum absolute atomic E-state index is 0.000150. The summed E-state index contributed by atoms with van der Waals surface area (Å²) < 4.78 is 10.8. The van der Waals surface area contributed by atoms with Gasteiger partial charge in [-0.2, -0.15) is 0 Å². The number of benzene rings is 1. The van der Waals surface area contributed by atoms with Gasteiger partial charge in [0.1, 0.15) is 16.9 Å². The number of anilines is 1. The summed E-state index contributed by atoms with van der Waals surface area (Å²) in [7, 11) is 0. The fourth-order valence-electron chi connectivity index (χ4n) is 2.80. The third-order valence-electron chi connectivity index (χ3n) is 4.12. The minimum Gasteiger partial charge on any atom is -0.469 e. The van der Waals surface area contributed by atoms with Crippen molar-refractivity contribution in [2.75, 3.05) is 5.32 Å². The van der Waals surface area contributed by atoms with E-state index in [-0.39, 0.29) is 12.1 Å². The molecule has 2 aromatic rings. The van der Waals surface area contributed by atoms with Crippen LogP contribution in [0, 0.1) is 6.92 Å². The monoisotopic (exact) mass is 363 g/mol. The number of aryl methyl sites for hydroxylation is 1. The molecule has 1 aromatic carbocycles. The molecule has 0 aliphatic heterocycles. The first kappa shape index (κ1) is 17.0. The maximum absolute atomic E-state index is 12.4. The molecule has 0 unspecified atom stereocenters. The highest BCUT2D eigenvalue weighted by Gasteiger charge is 2.22. The van der Waals surface area contributed by atoms with E-state index >= 15 is 0 Å². The lowest BCUT2D eigenvalue weighted by molar-refractivity contribution is 0.0318. The Morgan fingerprint density at radius 2 is 2.04 bits per heavy atom. The maximum atomic E-state index is 12.4. The van der Waals surface area contributed by atoms with Crippen molar-refractivity contribution in [2.24, 2.45) is 0 Å². The Hall–Kier alpha value is -1.85. The molecule has 4 nitrogen and oxygen atoms in total. The Morgan fingerprint density at radius 1 is 1.29 bits per heavy atom. The Labute approximate surface area is 151 Å². The average molecular weight is 364 g/mol. The van der Waals surface area contributed by atoms with E-state index in [2.05, 4.69) is 5.32 Å². The van der Waals surface area contributed by atoms with Crippen LogP contribution in [-0.4, -0.2) is 17.1 Å². The molecule has 0 amide bonds. The van der Waals surface area contributed by atoms with Crippen molar-refractivity contribution in [3.05, 3.63) is 52.4 Å². The van der Waals surface area contributed by atoms with Crippen LogP contribution in [0.3, 0.4) is 0 Å². The summed E-state index contributed by atoms with van der Waals surface area (Å²) in [6.45, 7) is 1.84. The van der Waals surface area contributed by atoms with Crippen molar-refractivity contribution < 1.29 is 13.9 Å². The largest absolute Gasteiger partial charge is 0.469 e. The molecule has 1 aliphatic carbocycles. The molecule has 3 rings (SSSR count). The molecule has 6 heteroatoms. The minimum atomic E-state index is -0.388. The van der Waals surface area contributed by atoms with E-state index in [1.807, 2.05) is 6.92 Å². The highest BCUT2D eigenvalue weighted by atomic mass is 35.5. The molecule has 1 fully saturated rings. The first-order valence-electron chi connectivity index (χ1n) is 7.90. The normalized spacial score (nSPS) is 14.6. The van der Waals surface area contributed by atoms with E-state index in [9.17, 15) is 4.79 Å². The number of carbonyl (C=O) groups excluding carboxylic acids is 1. The zero-order valence-electron chi connectivity index (χ0n) is 13.3. The van der Waals surface area contributed by atoms with Crippen LogP contribution in [-0.2, 0) is 4.74 Å². The number of carbonyl (C=O) groups is 1. The molecular weight excluding hydrogens is 346 g/mol. The van der Waals surface area contributed by atoms with Crippen molar-refractivity contribution >= 4 is 40.5 Å². The number of rotatable bonds is 4. The number of halogens is 1. The van der Waals surface area contributed by atoms with E-state index in [0.29, 0.717) is 21.3 Å². The van der Waals surface area contributed by atoms with E-state index in [1.54, 1.807) is 30.5 Å². The fraction of sp³-hybridized carbons (Fsp3) is 0.333. The van der Waals surface area contributed by atoms with Crippen molar-refractivity contribution in [2.45, 2.75) is 38.7 Å². The lowest BCUT2D eigenvalue weighted by atomic mass is 10.2. The van der Waals surface area contributed by atoms with Gasteiger partial charge in [-0.05, 0) is 56.9 Å². The van der Waals surface area contributed by atoms with Gasteiger partial charge in [0.15, 0.2) is 0 Å². The summed E-state index contributed by atoms with van der Waals surface area (Å²) in [6.07, 6.45) is 5.64. The summed E-state index contributed by atoms with van der Waals surface area (Å²) in [5.41, 5.74) is 1.85. The first-order valence-corrected chi connectivity index (χ1v) is 8.69. The molecule has 1 N–H and O–H groups in total. The molecule has 0 atom stereocenters. The number of furan rings is 1. The van der Waals surface area contributed by atoms with Crippen molar-refractivity contribution in [1.29, 1.82) is 0 Å². The average Bonchev–Trinajstić information content (AvgIpc) is 3.20. The third-order valence-corrected chi connectivity index (χ3v) is 4.78. The number of esters is 1. The Balaban J connectivity index is 1.74. The predicted octanol–water partition coefficient (Wildman–Crippen LogP) is 5.13. The summed E-state index contributed by atoms with van der Waals surface area (Å²) in [5, 5.41) is 3.48. The topological polar surface area (TPSA) is 51.5 Å². The second-order valence-electron chi connectivity index (χ2n) is 5.85. The smallest absolute Gasteiger partial charge is 0.340 e. The van der Waals surface area contributed by atoms with Crippen molar-refractivity contribution in [1.82, 2.24) is 0 Å². The molecule has 24 heavy (non-hydrogen) atoms. The van der Waals surface area contributed by atoms with Gasteiger partial charge in [0.25, 0.3) is 0 Å². The van der Waals surface area contributed by atoms with Crippen LogP contribution in [0.15, 0.2) is 34.9 Å². The van der Waals surface area contributed by atoms with Crippen LogP contribution in [0.2, 0.25) is 5.02 Å². The van der Waals surface area contributed by atoms with Crippen LogP contribution in [0.1, 0.15) is 47.4 Å². The van der Waals surface area contributed by atoms with Gasteiger partial charge in [0.2, 0.25) is 0 Å². The number of ether oxygens (including phenoxy) is 1. The van der Waals surface area contributed by atoms with Crippen LogP contribution >= 0.6 is 23.8 Å². The van der Waals surface area contributed by atoms with Gasteiger partial charge in [0.05, 0.1) is 22.4 Å². The molecule has 1 aromatic heterocycles. The van der Waals surface area contributed by atoms with Crippen LogP contribution in [0.5, 0.6) is 0 Å². The number of hydrogen-bond donors (Lipinski definition) is 1. The van der Waals surface area contributed by atoms with Crippen LogP contribution in [0.4, 0.5) is 5.69 Å². The Morgan fingerprint density at radius 3 is 2.71 bits per heavy atom. The predicted molar refractivity (Wildman–Crippen MR) is 97.9 cm³/mol. The molecule has 0 bridgehead atoms. The van der Waals surface area contributed by atoms with Gasteiger partial charge in [-0.15, -0.1) is 0 Å². The van der Waals surface area contributed by atoms with Gasteiger partial charge in [-0.25, -0.2) is 4.79 Å². The van der Waals surface area contributed by atoms with Gasteiger partial charge in [-0.1, -0.05) is 23.8 Å². The molecule has 126 valence electrons. The van der Waals surface area contributed by atoms with Crippen LogP contribution in [0.25, 0.3) is 0 Å². The first-order chi connectivity index (χ1) is 11.5. The van der Waals surface area contributed by atoms with E-state index < -0.39 is 0 Å². The highest BCUT2D eigenvalue weighted by molar-refractivity contribution is 7.81. The number of thiocarbonyl (C=S) groups is 1. The van der Waals surface area contributed by atoms with Gasteiger partial charge in [0, 0.05) is 5.69 Å². The summed E-state index contributed by atoms with van der Waals surface area (Å²) >= 11 is 11.5. The number of nitrogens with one attached hydrogen (secondary N) is 1. The third kappa shape index (κ3) is 3.79. The maximum Gasteiger partial charge on any atom is 0.340 e. The fourth-order valence-corrected chi connectivity index (χ4v) is 3.32. The van der Waals surface area contributed by atoms with E-state index in [0.717, 1.165) is 37.0 Å². The second kappa shape index (κ2) is 7.36. The van der Waals surface area contributed by atoms with Crippen molar-refractivity contribution in [3.8, 4) is 0 Å². The summed E-state index contributed by atoms with van der Waals surface area (Å²) in [4.78, 5) is 12.9. The van der Waals surface area contributed by atoms with Gasteiger partial charge >= 0.3 is 5.97 Å². The standard InChI is InChI=1S/C18H18ClNO3S/c1-11-14(8-9-22-11)17(24)20-12-6-7-16(19)15(10-12)18(21)23-13-4-2-3-5-13/h6-10,13H,2-5H2,1H3,(H,20,24). The second-order valence-corrected chi connectivity index (χ2v) is 6.67. The molecule has 0 radical (unpaired) electrons. The molecule has 0 spiro atoms. The Kier molecular flexibility index (Phi) is 5.21. The zero-order valence-corrected chi connectivity index (χ0v) is 14.9. The molecular formula is C18H18ClNO3S. The quantitative estimate of drug-likeness (QED) is 0.603. The van der Waals surface area contributed by atoms with Gasteiger partial charge in [-0.3, -0.25) is 0 Å². The molecule has 1 heterocycles. The van der Waals surface area contributed by atoms with E-state index in [1.165, 1.54) is 0 Å². The molecule has 1 aliphatic rings. The van der Waals surface area contributed by atoms with Crippen LogP contribution < -0.4 is 5.32 Å². The molecule has 1 saturated carbocycles. The zero-order chi connectivity index (χ0) is 17.1. The molecule has 0 saturated heterocycles.